The number of hydrogen-bond donors (Lipinski definition) is 0. The Balaban J connectivity index is 2.01. The van der Waals surface area contributed by atoms with Crippen molar-refractivity contribution < 1.29 is 4.74 Å². The monoisotopic (exact) mass is 299 g/mol. The zero-order chi connectivity index (χ0) is 15.6. The number of ether oxygens (including phenoxy) is 1. The summed E-state index contributed by atoms with van der Waals surface area (Å²) in [6.45, 7) is 0. The lowest BCUT2D eigenvalue weighted by atomic mass is 9.95. The van der Waals surface area contributed by atoms with Crippen LogP contribution in [0.15, 0.2) is 77.8 Å². The molecule has 0 saturated carbocycles. The van der Waals surface area contributed by atoms with E-state index in [1.54, 1.807) is 7.11 Å². The number of benzene rings is 3. The first-order valence-corrected chi connectivity index (χ1v) is 7.75. The maximum Gasteiger partial charge on any atom is 0.124 e. The third-order valence-corrected chi connectivity index (χ3v) is 4.25. The summed E-state index contributed by atoms with van der Waals surface area (Å²) >= 11 is 0. The van der Waals surface area contributed by atoms with Crippen molar-refractivity contribution in [3.8, 4) is 5.75 Å². The number of nitrogens with zero attached hydrogens (tertiary/aromatic N) is 1. The molecule has 0 fully saturated rings. The van der Waals surface area contributed by atoms with Gasteiger partial charge in [-0.05, 0) is 17.7 Å². The number of aliphatic imine (C=N–C) groups is 1. The van der Waals surface area contributed by atoms with Gasteiger partial charge in [0.15, 0.2) is 0 Å². The van der Waals surface area contributed by atoms with Gasteiger partial charge in [0, 0.05) is 23.1 Å². The van der Waals surface area contributed by atoms with Crippen LogP contribution in [0.2, 0.25) is 0 Å². The highest BCUT2D eigenvalue weighted by molar-refractivity contribution is 6.15. The second-order valence-electron chi connectivity index (χ2n) is 5.62. The lowest BCUT2D eigenvalue weighted by molar-refractivity contribution is 0.411. The summed E-state index contributed by atoms with van der Waals surface area (Å²) in [5.74, 6) is 0.898. The Kier molecular flexibility index (Phi) is 3.43. The molecule has 0 bridgehead atoms. The van der Waals surface area contributed by atoms with E-state index in [0.717, 1.165) is 34.7 Å². The van der Waals surface area contributed by atoms with Gasteiger partial charge in [0.2, 0.25) is 0 Å². The van der Waals surface area contributed by atoms with Crippen LogP contribution in [0.5, 0.6) is 5.75 Å². The molecular formula is C21H17NO. The summed E-state index contributed by atoms with van der Waals surface area (Å²) in [6, 6.07) is 24.9. The molecule has 0 N–H and O–H groups in total. The summed E-state index contributed by atoms with van der Waals surface area (Å²) in [5.41, 5.74) is 6.76. The molecule has 1 heterocycles. The molecule has 4 rings (SSSR count). The van der Waals surface area contributed by atoms with Gasteiger partial charge in [-0.15, -0.1) is 0 Å². The number of fused-ring (bicyclic) bond motifs is 2. The van der Waals surface area contributed by atoms with E-state index in [0.29, 0.717) is 0 Å². The highest BCUT2D eigenvalue weighted by Gasteiger charge is 2.19. The van der Waals surface area contributed by atoms with E-state index in [1.807, 2.05) is 18.2 Å². The van der Waals surface area contributed by atoms with E-state index in [-0.39, 0.29) is 0 Å². The SMILES string of the molecule is COc1cccc2c1Cc1ccccc1C(c1ccccc1)=N2. The lowest BCUT2D eigenvalue weighted by Crippen LogP contribution is -2.05. The fraction of sp³-hybridized carbons (Fsp3) is 0.0952. The van der Waals surface area contributed by atoms with Gasteiger partial charge in [-0.3, -0.25) is 0 Å². The third-order valence-electron chi connectivity index (χ3n) is 4.25. The van der Waals surface area contributed by atoms with Crippen molar-refractivity contribution >= 4 is 11.4 Å². The minimum absolute atomic E-state index is 0.829. The van der Waals surface area contributed by atoms with Crippen molar-refractivity contribution in [3.63, 3.8) is 0 Å². The molecule has 0 spiro atoms. The molecule has 3 aromatic rings. The Morgan fingerprint density at radius 1 is 0.826 bits per heavy atom. The molecule has 0 aliphatic carbocycles. The Bertz CT molecular complexity index is 881. The largest absolute Gasteiger partial charge is 0.496 e. The van der Waals surface area contributed by atoms with Crippen LogP contribution >= 0.6 is 0 Å². The maximum absolute atomic E-state index is 5.55. The van der Waals surface area contributed by atoms with Crippen LogP contribution in [0.25, 0.3) is 0 Å². The fourth-order valence-corrected chi connectivity index (χ4v) is 3.12. The lowest BCUT2D eigenvalue weighted by Gasteiger charge is -2.10. The van der Waals surface area contributed by atoms with Crippen LogP contribution in [0, 0.1) is 0 Å². The zero-order valence-corrected chi connectivity index (χ0v) is 13.0. The molecule has 0 atom stereocenters. The Labute approximate surface area is 136 Å². The van der Waals surface area contributed by atoms with E-state index >= 15 is 0 Å². The molecule has 112 valence electrons. The van der Waals surface area contributed by atoms with Crippen molar-refractivity contribution in [1.29, 1.82) is 0 Å². The molecule has 23 heavy (non-hydrogen) atoms. The summed E-state index contributed by atoms with van der Waals surface area (Å²) in [5, 5.41) is 0. The predicted octanol–water partition coefficient (Wildman–Crippen LogP) is 4.77. The molecule has 1 aliphatic heterocycles. The first-order chi connectivity index (χ1) is 11.4. The third kappa shape index (κ3) is 2.42. The quantitative estimate of drug-likeness (QED) is 0.522. The maximum atomic E-state index is 5.55. The first kappa shape index (κ1) is 13.8. The molecule has 0 unspecified atom stereocenters. The summed E-state index contributed by atoms with van der Waals surface area (Å²) < 4.78 is 5.55. The molecule has 0 amide bonds. The average molecular weight is 299 g/mol. The van der Waals surface area contributed by atoms with E-state index in [1.165, 1.54) is 11.1 Å². The molecule has 2 heteroatoms. The standard InChI is InChI=1S/C21H17NO/c1-23-20-13-7-12-19-18(20)14-16-10-5-6-11-17(16)21(22-19)15-8-3-2-4-9-15/h2-13H,14H2,1H3. The van der Waals surface area contributed by atoms with Crippen molar-refractivity contribution in [3.05, 3.63) is 95.1 Å². The fourth-order valence-electron chi connectivity index (χ4n) is 3.12. The van der Waals surface area contributed by atoms with Gasteiger partial charge in [-0.25, -0.2) is 4.99 Å². The molecular weight excluding hydrogens is 282 g/mol. The van der Waals surface area contributed by atoms with Gasteiger partial charge in [0.25, 0.3) is 0 Å². The van der Waals surface area contributed by atoms with E-state index in [4.69, 9.17) is 9.73 Å². The average Bonchev–Trinajstić information content (AvgIpc) is 2.79. The van der Waals surface area contributed by atoms with Crippen LogP contribution in [0.4, 0.5) is 5.69 Å². The van der Waals surface area contributed by atoms with Gasteiger partial charge >= 0.3 is 0 Å². The van der Waals surface area contributed by atoms with E-state index in [9.17, 15) is 0 Å². The second-order valence-corrected chi connectivity index (χ2v) is 5.62. The highest BCUT2D eigenvalue weighted by Crippen LogP contribution is 2.35. The molecule has 1 aliphatic rings. The van der Waals surface area contributed by atoms with Gasteiger partial charge in [0.1, 0.15) is 5.75 Å². The van der Waals surface area contributed by atoms with Crippen LogP contribution in [-0.4, -0.2) is 12.8 Å². The van der Waals surface area contributed by atoms with Crippen LogP contribution in [0.1, 0.15) is 22.3 Å². The predicted molar refractivity (Wildman–Crippen MR) is 94.0 cm³/mol. The molecule has 0 radical (unpaired) electrons. The van der Waals surface area contributed by atoms with Gasteiger partial charge in [-0.2, -0.15) is 0 Å². The summed E-state index contributed by atoms with van der Waals surface area (Å²) in [7, 11) is 1.72. The first-order valence-electron chi connectivity index (χ1n) is 7.75. The summed E-state index contributed by atoms with van der Waals surface area (Å²) in [4.78, 5) is 5.00. The minimum Gasteiger partial charge on any atom is -0.496 e. The molecule has 3 aromatic carbocycles. The number of methoxy groups -OCH3 is 1. The normalized spacial score (nSPS) is 12.7. The molecule has 0 saturated heterocycles. The highest BCUT2D eigenvalue weighted by atomic mass is 16.5. The van der Waals surface area contributed by atoms with Crippen molar-refractivity contribution in [1.82, 2.24) is 0 Å². The van der Waals surface area contributed by atoms with Gasteiger partial charge in [-0.1, -0.05) is 60.7 Å². The van der Waals surface area contributed by atoms with Crippen LogP contribution in [0.3, 0.4) is 0 Å². The Morgan fingerprint density at radius 2 is 1.61 bits per heavy atom. The topological polar surface area (TPSA) is 21.6 Å². The van der Waals surface area contributed by atoms with Crippen LogP contribution in [-0.2, 0) is 6.42 Å². The van der Waals surface area contributed by atoms with Crippen LogP contribution < -0.4 is 4.74 Å². The van der Waals surface area contributed by atoms with E-state index in [2.05, 4.69) is 54.6 Å². The van der Waals surface area contributed by atoms with E-state index < -0.39 is 0 Å². The van der Waals surface area contributed by atoms with Gasteiger partial charge < -0.3 is 4.74 Å². The van der Waals surface area contributed by atoms with Crippen molar-refractivity contribution in [2.75, 3.05) is 7.11 Å². The number of rotatable bonds is 2. The second kappa shape index (κ2) is 5.73. The number of hydrogen-bond acceptors (Lipinski definition) is 2. The molecule has 2 nitrogen and oxygen atoms in total. The molecule has 0 aromatic heterocycles. The minimum atomic E-state index is 0.829. The Morgan fingerprint density at radius 3 is 2.43 bits per heavy atom. The van der Waals surface area contributed by atoms with Gasteiger partial charge in [0.05, 0.1) is 18.5 Å². The smallest absolute Gasteiger partial charge is 0.124 e. The summed E-state index contributed by atoms with van der Waals surface area (Å²) in [6.07, 6.45) is 0.829. The van der Waals surface area contributed by atoms with Crippen molar-refractivity contribution in [2.45, 2.75) is 6.42 Å². The Hall–Kier alpha value is -2.87. The zero-order valence-electron chi connectivity index (χ0n) is 13.0. The van der Waals surface area contributed by atoms with Crippen molar-refractivity contribution in [2.24, 2.45) is 4.99 Å².